The lowest BCUT2D eigenvalue weighted by atomic mass is 9.82. The first-order valence-electron chi connectivity index (χ1n) is 19.1. The van der Waals surface area contributed by atoms with Crippen molar-refractivity contribution in [1.82, 2.24) is 0 Å². The van der Waals surface area contributed by atoms with E-state index < -0.39 is 0 Å². The molecule has 2 heteroatoms. The van der Waals surface area contributed by atoms with E-state index in [-0.39, 0.29) is 5.41 Å². The molecule has 0 N–H and O–H groups in total. The molecule has 0 saturated carbocycles. The standard InChI is InChI=1S/C53H37NO/c1-53(2)46-20-11-10-18-42(46)43-30-29-40(32-47(43)53)54(39-27-25-36(26-28-39)34-13-4-3-5-14-34)48-21-12-22-49-52(48)51-44-19-9-8-17-41(44)45(33-50(51)55-49)38-24-23-35-15-6-7-16-37(35)31-38/h3-33H,1-2H3. The first-order valence-corrected chi connectivity index (χ1v) is 19.1. The lowest BCUT2D eigenvalue weighted by Gasteiger charge is -2.29. The molecule has 0 aliphatic heterocycles. The van der Waals surface area contributed by atoms with E-state index in [1.54, 1.807) is 0 Å². The summed E-state index contributed by atoms with van der Waals surface area (Å²) < 4.78 is 6.87. The Balaban J connectivity index is 1.16. The van der Waals surface area contributed by atoms with Crippen LogP contribution in [0.2, 0.25) is 0 Å². The molecule has 9 aromatic carbocycles. The van der Waals surface area contributed by atoms with Crippen molar-refractivity contribution < 1.29 is 4.42 Å². The van der Waals surface area contributed by atoms with Gasteiger partial charge in [0, 0.05) is 22.2 Å². The number of rotatable bonds is 5. The highest BCUT2D eigenvalue weighted by molar-refractivity contribution is 6.25. The van der Waals surface area contributed by atoms with Gasteiger partial charge in [-0.1, -0.05) is 153 Å². The highest BCUT2D eigenvalue weighted by atomic mass is 16.3. The minimum atomic E-state index is -0.130. The second-order valence-corrected chi connectivity index (χ2v) is 15.3. The molecule has 0 saturated heterocycles. The zero-order chi connectivity index (χ0) is 36.7. The Labute approximate surface area is 320 Å². The Bertz CT molecular complexity index is 3110. The molecule has 0 amide bonds. The van der Waals surface area contributed by atoms with E-state index >= 15 is 0 Å². The Morgan fingerprint density at radius 3 is 1.93 bits per heavy atom. The zero-order valence-corrected chi connectivity index (χ0v) is 30.8. The van der Waals surface area contributed by atoms with Crippen LogP contribution in [-0.2, 0) is 5.41 Å². The number of furan rings is 1. The van der Waals surface area contributed by atoms with Crippen molar-refractivity contribution in [3.8, 4) is 33.4 Å². The molecule has 0 unspecified atom stereocenters. The molecule has 1 aromatic heterocycles. The number of hydrogen-bond donors (Lipinski definition) is 0. The lowest BCUT2D eigenvalue weighted by Crippen LogP contribution is -2.16. The molecule has 0 fully saturated rings. The number of nitrogens with zero attached hydrogens (tertiary/aromatic N) is 1. The van der Waals surface area contributed by atoms with Crippen molar-refractivity contribution in [1.29, 1.82) is 0 Å². The van der Waals surface area contributed by atoms with E-state index in [1.807, 2.05) is 0 Å². The Morgan fingerprint density at radius 1 is 0.400 bits per heavy atom. The quantitative estimate of drug-likeness (QED) is 0.177. The van der Waals surface area contributed by atoms with Gasteiger partial charge >= 0.3 is 0 Å². The molecule has 11 rings (SSSR count). The fourth-order valence-electron chi connectivity index (χ4n) is 9.14. The number of fused-ring (bicyclic) bond motifs is 9. The second kappa shape index (κ2) is 12.1. The minimum Gasteiger partial charge on any atom is -0.456 e. The summed E-state index contributed by atoms with van der Waals surface area (Å²) in [6.45, 7) is 4.70. The van der Waals surface area contributed by atoms with Crippen LogP contribution in [0, 0.1) is 0 Å². The molecule has 0 radical (unpaired) electrons. The van der Waals surface area contributed by atoms with Gasteiger partial charge in [0.15, 0.2) is 0 Å². The normalized spacial score (nSPS) is 13.1. The van der Waals surface area contributed by atoms with Crippen molar-refractivity contribution in [2.75, 3.05) is 4.90 Å². The van der Waals surface area contributed by atoms with Gasteiger partial charge in [0.05, 0.1) is 11.1 Å². The van der Waals surface area contributed by atoms with E-state index in [0.29, 0.717) is 0 Å². The molecular formula is C53H37NO. The van der Waals surface area contributed by atoms with Crippen molar-refractivity contribution in [3.63, 3.8) is 0 Å². The maximum absolute atomic E-state index is 6.87. The highest BCUT2D eigenvalue weighted by Crippen LogP contribution is 2.52. The predicted octanol–water partition coefficient (Wildman–Crippen LogP) is 15.0. The summed E-state index contributed by atoms with van der Waals surface area (Å²) in [4.78, 5) is 2.43. The average molecular weight is 704 g/mol. The van der Waals surface area contributed by atoms with Gasteiger partial charge in [-0.05, 0) is 115 Å². The molecule has 0 atom stereocenters. The predicted molar refractivity (Wildman–Crippen MR) is 232 cm³/mol. The zero-order valence-electron chi connectivity index (χ0n) is 30.8. The molecule has 1 aliphatic rings. The van der Waals surface area contributed by atoms with Crippen molar-refractivity contribution in [2.45, 2.75) is 19.3 Å². The van der Waals surface area contributed by atoms with Crippen molar-refractivity contribution in [2.24, 2.45) is 0 Å². The fraction of sp³-hybridized carbons (Fsp3) is 0.0566. The minimum absolute atomic E-state index is 0.130. The van der Waals surface area contributed by atoms with Crippen LogP contribution in [0.5, 0.6) is 0 Å². The van der Waals surface area contributed by atoms with Gasteiger partial charge in [-0.25, -0.2) is 0 Å². The van der Waals surface area contributed by atoms with E-state index in [0.717, 1.165) is 39.0 Å². The van der Waals surface area contributed by atoms with Crippen LogP contribution in [0.3, 0.4) is 0 Å². The van der Waals surface area contributed by atoms with Crippen LogP contribution in [0.15, 0.2) is 192 Å². The van der Waals surface area contributed by atoms with E-state index in [4.69, 9.17) is 4.42 Å². The maximum atomic E-state index is 6.87. The van der Waals surface area contributed by atoms with Gasteiger partial charge in [-0.2, -0.15) is 0 Å². The van der Waals surface area contributed by atoms with Gasteiger partial charge in [0.1, 0.15) is 11.2 Å². The Hall–Kier alpha value is -6.90. The summed E-state index contributed by atoms with van der Waals surface area (Å²) in [6.07, 6.45) is 0. The van der Waals surface area contributed by atoms with E-state index in [9.17, 15) is 0 Å². The molecule has 10 aromatic rings. The second-order valence-electron chi connectivity index (χ2n) is 15.3. The number of benzene rings is 9. The summed E-state index contributed by atoms with van der Waals surface area (Å²) in [7, 11) is 0. The molecule has 1 heterocycles. The summed E-state index contributed by atoms with van der Waals surface area (Å²) in [5.74, 6) is 0. The first kappa shape index (κ1) is 31.6. The molecule has 1 aliphatic carbocycles. The van der Waals surface area contributed by atoms with Gasteiger partial charge in [-0.3, -0.25) is 0 Å². The average Bonchev–Trinajstić information content (AvgIpc) is 3.73. The molecule has 260 valence electrons. The summed E-state index contributed by atoms with van der Waals surface area (Å²) >= 11 is 0. The van der Waals surface area contributed by atoms with Crippen LogP contribution in [0.25, 0.3) is 76.9 Å². The lowest BCUT2D eigenvalue weighted by molar-refractivity contribution is 0.660. The largest absolute Gasteiger partial charge is 0.456 e. The van der Waals surface area contributed by atoms with Crippen LogP contribution in [-0.4, -0.2) is 0 Å². The highest BCUT2D eigenvalue weighted by Gasteiger charge is 2.36. The summed E-state index contributed by atoms with van der Waals surface area (Å²) in [5, 5.41) is 7.09. The number of hydrogen-bond acceptors (Lipinski definition) is 2. The van der Waals surface area contributed by atoms with Gasteiger partial charge in [0.2, 0.25) is 0 Å². The van der Waals surface area contributed by atoms with Gasteiger partial charge in [-0.15, -0.1) is 0 Å². The fourth-order valence-corrected chi connectivity index (χ4v) is 9.14. The van der Waals surface area contributed by atoms with Crippen LogP contribution in [0.4, 0.5) is 17.1 Å². The van der Waals surface area contributed by atoms with E-state index in [2.05, 4.69) is 207 Å². The molecule has 0 bridgehead atoms. The Kier molecular flexibility index (Phi) is 6.93. The Morgan fingerprint density at radius 2 is 1.07 bits per heavy atom. The van der Waals surface area contributed by atoms with Gasteiger partial charge in [0.25, 0.3) is 0 Å². The van der Waals surface area contributed by atoms with Crippen LogP contribution >= 0.6 is 0 Å². The monoisotopic (exact) mass is 703 g/mol. The molecule has 55 heavy (non-hydrogen) atoms. The van der Waals surface area contributed by atoms with E-state index in [1.165, 1.54) is 66.1 Å². The SMILES string of the molecule is CC1(C)c2ccccc2-c2ccc(N(c3ccc(-c4ccccc4)cc3)c3cccc4oc5cc(-c6ccc7ccccc7c6)c6ccccc6c5c34)cc21. The van der Waals surface area contributed by atoms with Crippen molar-refractivity contribution in [3.05, 3.63) is 199 Å². The molecular weight excluding hydrogens is 667 g/mol. The third-order valence-electron chi connectivity index (χ3n) is 11.8. The molecule has 2 nitrogen and oxygen atoms in total. The third-order valence-corrected chi connectivity index (χ3v) is 11.8. The van der Waals surface area contributed by atoms with Crippen molar-refractivity contribution >= 4 is 60.5 Å². The van der Waals surface area contributed by atoms with Gasteiger partial charge < -0.3 is 9.32 Å². The van der Waals surface area contributed by atoms with Crippen LogP contribution < -0.4 is 4.90 Å². The topological polar surface area (TPSA) is 16.4 Å². The maximum Gasteiger partial charge on any atom is 0.137 e. The van der Waals surface area contributed by atoms with Crippen LogP contribution in [0.1, 0.15) is 25.0 Å². The summed E-state index contributed by atoms with van der Waals surface area (Å²) in [6, 6.07) is 68.3. The summed E-state index contributed by atoms with van der Waals surface area (Å²) in [5.41, 5.74) is 15.0. The number of anilines is 3. The molecule has 0 spiro atoms. The first-order chi connectivity index (χ1) is 27.0. The third kappa shape index (κ3) is 4.88. The smallest absolute Gasteiger partial charge is 0.137 e.